The summed E-state index contributed by atoms with van der Waals surface area (Å²) in [5.74, 6) is 1.46. The van der Waals surface area contributed by atoms with Crippen LogP contribution in [0.2, 0.25) is 0 Å². The quantitative estimate of drug-likeness (QED) is 0.307. The molecule has 1 saturated heterocycles. The average molecular weight is 511 g/mol. The molecular weight excluding hydrogens is 468 g/mol. The summed E-state index contributed by atoms with van der Waals surface area (Å²) in [4.78, 5) is 25.6. The maximum absolute atomic E-state index is 13.0. The molecule has 1 aromatic carbocycles. The highest BCUT2D eigenvalue weighted by Crippen LogP contribution is 2.36. The smallest absolute Gasteiger partial charge is 0.334 e. The summed E-state index contributed by atoms with van der Waals surface area (Å²) in [6, 6.07) is 6.14. The van der Waals surface area contributed by atoms with E-state index in [1.54, 1.807) is 0 Å². The number of carbonyl (C=O) groups is 2. The van der Waals surface area contributed by atoms with Crippen molar-refractivity contribution in [3.63, 3.8) is 0 Å². The summed E-state index contributed by atoms with van der Waals surface area (Å²) in [5, 5.41) is 11.2. The third-order valence-electron chi connectivity index (χ3n) is 7.69. The predicted octanol–water partition coefficient (Wildman–Crippen LogP) is 6.09. The molecule has 4 rings (SSSR count). The second-order valence-corrected chi connectivity index (χ2v) is 12.0. The van der Waals surface area contributed by atoms with Crippen molar-refractivity contribution < 1.29 is 28.6 Å². The fourth-order valence-electron chi connectivity index (χ4n) is 5.94. The van der Waals surface area contributed by atoms with Crippen molar-refractivity contribution in [2.45, 2.75) is 85.2 Å². The zero-order valence-electron chi connectivity index (χ0n) is 23.0. The molecule has 1 aliphatic carbocycles. The second-order valence-electron chi connectivity index (χ2n) is 12.0. The summed E-state index contributed by atoms with van der Waals surface area (Å²) >= 11 is 0. The van der Waals surface area contributed by atoms with Gasteiger partial charge in [-0.25, -0.2) is 4.79 Å². The van der Waals surface area contributed by atoms with Crippen molar-refractivity contribution in [2.75, 3.05) is 13.2 Å². The van der Waals surface area contributed by atoms with Crippen LogP contribution in [0.3, 0.4) is 0 Å². The molecule has 0 radical (unpaired) electrons. The normalized spacial score (nSPS) is 22.9. The van der Waals surface area contributed by atoms with Crippen molar-refractivity contribution in [1.82, 2.24) is 0 Å². The van der Waals surface area contributed by atoms with Crippen LogP contribution in [0.15, 0.2) is 34.3 Å². The van der Waals surface area contributed by atoms with Crippen LogP contribution in [0, 0.1) is 30.6 Å². The maximum atomic E-state index is 13.0. The standard InChI is InChI=1S/C31H42O6/c1-19(2)12-22(13-20(3)4)7-8-24-16-31(17-32,37-30(24)34)18-35-29(33)23-9-10-25-26-14-21(5)6-11-27(26)36-28(25)15-23/h6,8,11,14,19-20,22-23,32H,7,9-10,12-13,15-18H2,1-5H3/b24-8+/t23-,31-/m1/s1. The molecule has 2 aromatic rings. The number of carbonyl (C=O) groups excluding carboxylic acids is 2. The summed E-state index contributed by atoms with van der Waals surface area (Å²) in [6.07, 6.45) is 7.18. The third kappa shape index (κ3) is 6.46. The summed E-state index contributed by atoms with van der Waals surface area (Å²) in [5.41, 5.74) is 2.58. The molecule has 0 unspecified atom stereocenters. The van der Waals surface area contributed by atoms with Gasteiger partial charge in [-0.2, -0.15) is 0 Å². The Kier molecular flexibility index (Phi) is 8.47. The van der Waals surface area contributed by atoms with E-state index < -0.39 is 11.6 Å². The van der Waals surface area contributed by atoms with Crippen molar-refractivity contribution in [2.24, 2.45) is 23.7 Å². The van der Waals surface area contributed by atoms with Gasteiger partial charge in [0.05, 0.1) is 12.5 Å². The number of aliphatic hydroxyl groups excluding tert-OH is 1. The Bertz CT molecular complexity index is 1150. The molecule has 6 heteroatoms. The van der Waals surface area contributed by atoms with Gasteiger partial charge in [-0.15, -0.1) is 0 Å². The number of hydrogen-bond acceptors (Lipinski definition) is 6. The Balaban J connectivity index is 1.36. The van der Waals surface area contributed by atoms with Gasteiger partial charge in [-0.3, -0.25) is 4.79 Å². The number of ether oxygens (including phenoxy) is 2. The number of cyclic esters (lactones) is 1. The first-order valence-electron chi connectivity index (χ1n) is 13.8. The highest BCUT2D eigenvalue weighted by Gasteiger charge is 2.45. The van der Waals surface area contributed by atoms with Crippen molar-refractivity contribution >= 4 is 22.9 Å². The van der Waals surface area contributed by atoms with Gasteiger partial charge in [0.25, 0.3) is 0 Å². The lowest BCUT2D eigenvalue weighted by molar-refractivity contribution is -0.169. The third-order valence-corrected chi connectivity index (χ3v) is 7.69. The Labute approximate surface area is 220 Å². The van der Waals surface area contributed by atoms with Gasteiger partial charge in [-0.1, -0.05) is 45.4 Å². The van der Waals surface area contributed by atoms with Crippen molar-refractivity contribution in [3.05, 3.63) is 46.7 Å². The lowest BCUT2D eigenvalue weighted by atomic mass is 9.86. The van der Waals surface area contributed by atoms with E-state index >= 15 is 0 Å². The zero-order chi connectivity index (χ0) is 26.7. The van der Waals surface area contributed by atoms with E-state index in [-0.39, 0.29) is 31.5 Å². The summed E-state index contributed by atoms with van der Waals surface area (Å²) < 4.78 is 17.3. The molecule has 1 aliphatic heterocycles. The minimum Gasteiger partial charge on any atom is -0.461 e. The van der Waals surface area contributed by atoms with Gasteiger partial charge in [0, 0.05) is 29.4 Å². The topological polar surface area (TPSA) is 86.0 Å². The Morgan fingerprint density at radius 3 is 2.62 bits per heavy atom. The van der Waals surface area contributed by atoms with Crippen LogP contribution in [0.25, 0.3) is 11.0 Å². The molecule has 6 nitrogen and oxygen atoms in total. The fraction of sp³-hybridized carbons (Fsp3) is 0.613. The number of hydrogen-bond donors (Lipinski definition) is 1. The van der Waals surface area contributed by atoms with E-state index in [1.165, 1.54) is 11.1 Å². The van der Waals surface area contributed by atoms with Gasteiger partial charge in [0.1, 0.15) is 18.0 Å². The molecule has 0 amide bonds. The van der Waals surface area contributed by atoms with Crippen LogP contribution in [0.5, 0.6) is 0 Å². The highest BCUT2D eigenvalue weighted by atomic mass is 16.6. The molecule has 2 atom stereocenters. The predicted molar refractivity (Wildman–Crippen MR) is 143 cm³/mol. The lowest BCUT2D eigenvalue weighted by Crippen LogP contribution is -2.40. The van der Waals surface area contributed by atoms with Crippen LogP contribution < -0.4 is 0 Å². The van der Waals surface area contributed by atoms with Gasteiger partial charge in [0.15, 0.2) is 5.60 Å². The number of aliphatic hydroxyl groups is 1. The van der Waals surface area contributed by atoms with Gasteiger partial charge in [-0.05, 0) is 68.9 Å². The molecule has 0 spiro atoms. The largest absolute Gasteiger partial charge is 0.461 e. The highest BCUT2D eigenvalue weighted by molar-refractivity contribution is 5.91. The lowest BCUT2D eigenvalue weighted by Gasteiger charge is -2.26. The number of benzene rings is 1. The van der Waals surface area contributed by atoms with Crippen LogP contribution in [-0.4, -0.2) is 35.9 Å². The molecule has 0 saturated carbocycles. The fourth-order valence-corrected chi connectivity index (χ4v) is 5.94. The summed E-state index contributed by atoms with van der Waals surface area (Å²) in [6.45, 7) is 10.4. The van der Waals surface area contributed by atoms with E-state index in [1.807, 2.05) is 18.2 Å². The van der Waals surface area contributed by atoms with E-state index in [4.69, 9.17) is 13.9 Å². The summed E-state index contributed by atoms with van der Waals surface area (Å²) in [7, 11) is 0. The molecule has 2 aliphatic rings. The van der Waals surface area contributed by atoms with E-state index in [2.05, 4.69) is 40.7 Å². The Morgan fingerprint density at radius 1 is 1.22 bits per heavy atom. The van der Waals surface area contributed by atoms with Gasteiger partial charge >= 0.3 is 11.9 Å². The Morgan fingerprint density at radius 2 is 1.95 bits per heavy atom. The van der Waals surface area contributed by atoms with Crippen molar-refractivity contribution in [3.8, 4) is 0 Å². The van der Waals surface area contributed by atoms with Gasteiger partial charge < -0.3 is 19.0 Å². The Hall–Kier alpha value is -2.60. The van der Waals surface area contributed by atoms with Crippen LogP contribution in [0.4, 0.5) is 0 Å². The molecule has 37 heavy (non-hydrogen) atoms. The minimum atomic E-state index is -1.21. The molecule has 202 valence electrons. The van der Waals surface area contributed by atoms with Gasteiger partial charge in [0.2, 0.25) is 0 Å². The SMILES string of the molecule is Cc1ccc2oc3c(c2c1)CC[C@@H](C(=O)OC[C@]1(CO)C/C(=C\CC(CC(C)C)CC(C)C)C(=O)O1)C3. The molecule has 1 fully saturated rings. The number of esters is 2. The number of rotatable bonds is 10. The van der Waals surface area contributed by atoms with Crippen LogP contribution >= 0.6 is 0 Å². The van der Waals surface area contributed by atoms with E-state index in [0.29, 0.717) is 36.2 Å². The number of allylic oxidation sites excluding steroid dienone is 1. The molecular formula is C31H42O6. The second kappa shape index (κ2) is 11.4. The number of furan rings is 1. The number of aryl methyl sites for hydroxylation is 2. The molecule has 1 N–H and O–H groups in total. The monoisotopic (exact) mass is 510 g/mol. The molecule has 0 bridgehead atoms. The van der Waals surface area contributed by atoms with E-state index in [9.17, 15) is 14.7 Å². The molecule has 2 heterocycles. The zero-order valence-corrected chi connectivity index (χ0v) is 23.0. The van der Waals surface area contributed by atoms with Crippen LogP contribution in [0.1, 0.15) is 76.7 Å². The number of fused-ring (bicyclic) bond motifs is 3. The van der Waals surface area contributed by atoms with E-state index in [0.717, 1.165) is 42.4 Å². The average Bonchev–Trinajstić information content (AvgIpc) is 3.37. The first kappa shape index (κ1) is 27.4. The minimum absolute atomic E-state index is 0.143. The maximum Gasteiger partial charge on any atom is 0.334 e. The molecule has 1 aromatic heterocycles. The van der Waals surface area contributed by atoms with Crippen LogP contribution in [-0.2, 0) is 31.9 Å². The van der Waals surface area contributed by atoms with Crippen molar-refractivity contribution in [1.29, 1.82) is 0 Å². The first-order chi connectivity index (χ1) is 17.6. The first-order valence-corrected chi connectivity index (χ1v) is 13.8.